The Morgan fingerprint density at radius 3 is 2.93 bits per heavy atom. The Morgan fingerprint density at radius 1 is 1.57 bits per heavy atom. The van der Waals surface area contributed by atoms with Gasteiger partial charge in [-0.15, -0.1) is 0 Å². The number of aromatic nitrogens is 2. The zero-order valence-electron chi connectivity index (χ0n) is 7.36. The maximum Gasteiger partial charge on any atom is 0.354 e. The van der Waals surface area contributed by atoms with Gasteiger partial charge in [-0.2, -0.15) is 4.39 Å². The second-order valence-electron chi connectivity index (χ2n) is 2.89. The normalized spacial score (nSPS) is 10.7. The van der Waals surface area contributed by atoms with E-state index in [0.717, 1.165) is 4.40 Å². The summed E-state index contributed by atoms with van der Waals surface area (Å²) < 4.78 is 14.3. The zero-order valence-corrected chi connectivity index (χ0v) is 7.36. The van der Waals surface area contributed by atoms with Crippen molar-refractivity contribution in [3.8, 4) is 0 Å². The van der Waals surface area contributed by atoms with E-state index in [1.54, 1.807) is 6.07 Å². The van der Waals surface area contributed by atoms with Crippen LogP contribution < -0.4 is 0 Å². The molecule has 4 nitrogen and oxygen atoms in total. The molecule has 0 amide bonds. The quantitative estimate of drug-likeness (QED) is 0.699. The fraction of sp³-hybridized carbons (Fsp3) is 0.111. The lowest BCUT2D eigenvalue weighted by Gasteiger charge is -1.98. The van der Waals surface area contributed by atoms with E-state index in [9.17, 15) is 9.18 Å². The molecule has 0 aliphatic rings. The van der Waals surface area contributed by atoms with E-state index >= 15 is 0 Å². The van der Waals surface area contributed by atoms with Gasteiger partial charge in [-0.3, -0.25) is 4.40 Å². The van der Waals surface area contributed by atoms with Crippen LogP contribution >= 0.6 is 0 Å². The van der Waals surface area contributed by atoms with Crippen LogP contribution in [0.5, 0.6) is 0 Å². The van der Waals surface area contributed by atoms with Crippen LogP contribution in [0.4, 0.5) is 4.39 Å². The minimum atomic E-state index is -1.18. The summed E-state index contributed by atoms with van der Waals surface area (Å²) in [4.78, 5) is 14.8. The average Bonchev–Trinajstić information content (AvgIpc) is 2.42. The first-order chi connectivity index (χ1) is 6.61. The van der Waals surface area contributed by atoms with Crippen molar-refractivity contribution in [3.63, 3.8) is 0 Å². The molecule has 0 radical (unpaired) electrons. The zero-order chi connectivity index (χ0) is 10.3. The molecule has 0 aliphatic heterocycles. The van der Waals surface area contributed by atoms with E-state index in [0.29, 0.717) is 11.3 Å². The monoisotopic (exact) mass is 194 g/mol. The summed E-state index contributed by atoms with van der Waals surface area (Å²) in [5.74, 6) is -1.80. The lowest BCUT2D eigenvalue weighted by molar-refractivity contribution is 0.0687. The number of rotatable bonds is 1. The van der Waals surface area contributed by atoms with Gasteiger partial charge < -0.3 is 5.11 Å². The Bertz CT molecular complexity index is 519. The number of aryl methyl sites for hydroxylation is 1. The second kappa shape index (κ2) is 2.80. The minimum absolute atomic E-state index is 0.127. The molecule has 1 N–H and O–H groups in total. The van der Waals surface area contributed by atoms with Gasteiger partial charge in [0.15, 0.2) is 11.6 Å². The molecule has 0 spiro atoms. The number of pyridine rings is 1. The summed E-state index contributed by atoms with van der Waals surface area (Å²) in [5.41, 5.74) is 0.487. The highest BCUT2D eigenvalue weighted by Crippen LogP contribution is 2.13. The van der Waals surface area contributed by atoms with Crippen LogP contribution in [-0.2, 0) is 0 Å². The van der Waals surface area contributed by atoms with Crippen LogP contribution in [0.2, 0.25) is 0 Å². The molecular formula is C9H7FN2O2. The molecule has 0 aliphatic carbocycles. The van der Waals surface area contributed by atoms with Gasteiger partial charge in [0, 0.05) is 0 Å². The van der Waals surface area contributed by atoms with Gasteiger partial charge in [0.05, 0.1) is 5.69 Å². The fourth-order valence-corrected chi connectivity index (χ4v) is 1.42. The first kappa shape index (κ1) is 8.68. The summed E-state index contributed by atoms with van der Waals surface area (Å²) in [6, 6.07) is 4.24. The Kier molecular flexibility index (Phi) is 1.73. The van der Waals surface area contributed by atoms with E-state index in [-0.39, 0.29) is 5.69 Å². The summed E-state index contributed by atoms with van der Waals surface area (Å²) in [7, 11) is 0. The molecule has 2 aromatic heterocycles. The number of aromatic carboxylic acids is 1. The van der Waals surface area contributed by atoms with Crippen LogP contribution in [0.3, 0.4) is 0 Å². The molecule has 0 saturated carbocycles. The van der Waals surface area contributed by atoms with Crippen molar-refractivity contribution in [1.29, 1.82) is 0 Å². The molecule has 72 valence electrons. The van der Waals surface area contributed by atoms with E-state index in [1.807, 2.05) is 0 Å². The van der Waals surface area contributed by atoms with Crippen LogP contribution in [0.15, 0.2) is 18.2 Å². The number of hydrogen-bond acceptors (Lipinski definition) is 2. The van der Waals surface area contributed by atoms with Crippen LogP contribution in [0.1, 0.15) is 16.2 Å². The van der Waals surface area contributed by atoms with Gasteiger partial charge >= 0.3 is 5.97 Å². The van der Waals surface area contributed by atoms with Crippen molar-refractivity contribution >= 4 is 11.6 Å². The van der Waals surface area contributed by atoms with E-state index in [2.05, 4.69) is 4.98 Å². The number of fused-ring (bicyclic) bond motifs is 1. The molecule has 0 unspecified atom stereocenters. The third-order valence-electron chi connectivity index (χ3n) is 1.97. The molecule has 2 heterocycles. The number of nitrogens with zero attached hydrogens (tertiary/aromatic N) is 2. The highest BCUT2D eigenvalue weighted by Gasteiger charge is 2.17. The third-order valence-corrected chi connectivity index (χ3v) is 1.97. The lowest BCUT2D eigenvalue weighted by Crippen LogP contribution is -2.05. The van der Waals surface area contributed by atoms with Crippen molar-refractivity contribution in [3.05, 3.63) is 35.5 Å². The highest BCUT2D eigenvalue weighted by molar-refractivity contribution is 5.88. The lowest BCUT2D eigenvalue weighted by atomic mass is 10.3. The molecule has 2 aromatic rings. The van der Waals surface area contributed by atoms with Gasteiger partial charge in [-0.05, 0) is 19.1 Å². The van der Waals surface area contributed by atoms with Gasteiger partial charge in [0.2, 0.25) is 0 Å². The predicted molar refractivity (Wildman–Crippen MR) is 46.8 cm³/mol. The molecule has 0 saturated heterocycles. The highest BCUT2D eigenvalue weighted by atomic mass is 19.1. The molecule has 14 heavy (non-hydrogen) atoms. The van der Waals surface area contributed by atoms with Crippen molar-refractivity contribution in [2.75, 3.05) is 0 Å². The molecule has 0 aromatic carbocycles. The Morgan fingerprint density at radius 2 is 2.29 bits per heavy atom. The number of imidazole rings is 1. The maximum absolute atomic E-state index is 13.3. The van der Waals surface area contributed by atoms with Crippen molar-refractivity contribution in [2.24, 2.45) is 0 Å². The minimum Gasteiger partial charge on any atom is -0.477 e. The first-order valence-corrected chi connectivity index (χ1v) is 3.98. The number of hydrogen-bond donors (Lipinski definition) is 1. The van der Waals surface area contributed by atoms with Crippen molar-refractivity contribution in [1.82, 2.24) is 9.38 Å². The Hall–Kier alpha value is -1.91. The number of carbonyl (C=O) groups is 1. The maximum atomic E-state index is 13.3. The number of carboxylic acid groups (broad SMARTS) is 1. The second-order valence-corrected chi connectivity index (χ2v) is 2.89. The molecule has 0 atom stereocenters. The summed E-state index contributed by atoms with van der Waals surface area (Å²) >= 11 is 0. The third kappa shape index (κ3) is 1.06. The number of halogens is 1. The fourth-order valence-electron chi connectivity index (χ4n) is 1.42. The SMILES string of the molecule is Cc1nc2cccc(F)n2c1C(=O)O. The molecule has 0 fully saturated rings. The van der Waals surface area contributed by atoms with Gasteiger partial charge in [-0.25, -0.2) is 9.78 Å². The average molecular weight is 194 g/mol. The van der Waals surface area contributed by atoms with Crippen molar-refractivity contribution in [2.45, 2.75) is 6.92 Å². The smallest absolute Gasteiger partial charge is 0.354 e. The topological polar surface area (TPSA) is 54.6 Å². The van der Waals surface area contributed by atoms with Gasteiger partial charge in [0.25, 0.3) is 0 Å². The summed E-state index contributed by atoms with van der Waals surface area (Å²) in [5, 5.41) is 8.85. The Labute approximate surface area is 78.6 Å². The van der Waals surface area contributed by atoms with Crippen molar-refractivity contribution < 1.29 is 14.3 Å². The predicted octanol–water partition coefficient (Wildman–Crippen LogP) is 1.48. The van der Waals surface area contributed by atoms with Gasteiger partial charge in [-0.1, -0.05) is 6.07 Å². The molecule has 2 rings (SSSR count). The first-order valence-electron chi connectivity index (χ1n) is 3.98. The van der Waals surface area contributed by atoms with E-state index < -0.39 is 11.9 Å². The largest absolute Gasteiger partial charge is 0.477 e. The van der Waals surface area contributed by atoms with Crippen LogP contribution in [0, 0.1) is 12.9 Å². The molecular weight excluding hydrogens is 187 g/mol. The molecule has 0 bridgehead atoms. The van der Waals surface area contributed by atoms with E-state index in [4.69, 9.17) is 5.11 Å². The number of carboxylic acids is 1. The van der Waals surface area contributed by atoms with Crippen LogP contribution in [-0.4, -0.2) is 20.5 Å². The summed E-state index contributed by atoms with van der Waals surface area (Å²) in [6.45, 7) is 1.54. The van der Waals surface area contributed by atoms with Crippen LogP contribution in [0.25, 0.3) is 5.65 Å². The Balaban J connectivity index is 2.93. The van der Waals surface area contributed by atoms with Gasteiger partial charge in [0.1, 0.15) is 5.65 Å². The standard InChI is InChI=1S/C9H7FN2O2/c1-5-8(9(13)14)12-6(10)3-2-4-7(12)11-5/h2-4H,1H3,(H,13,14). The molecule has 5 heteroatoms. The van der Waals surface area contributed by atoms with E-state index in [1.165, 1.54) is 19.1 Å². The summed E-state index contributed by atoms with van der Waals surface area (Å²) in [6.07, 6.45) is 0.